The van der Waals surface area contributed by atoms with Gasteiger partial charge in [-0.1, -0.05) is 6.07 Å². The number of nitrogens with one attached hydrogen (secondary N) is 1. The van der Waals surface area contributed by atoms with Crippen molar-refractivity contribution in [2.45, 2.75) is 19.2 Å². The lowest BCUT2D eigenvalue weighted by molar-refractivity contribution is -0.137. The van der Waals surface area contributed by atoms with Gasteiger partial charge in [0.2, 0.25) is 0 Å². The number of amides is 1. The van der Waals surface area contributed by atoms with Crippen molar-refractivity contribution in [1.29, 1.82) is 0 Å². The summed E-state index contributed by atoms with van der Waals surface area (Å²) in [4.78, 5) is 12.3. The van der Waals surface area contributed by atoms with E-state index >= 15 is 0 Å². The van der Waals surface area contributed by atoms with E-state index in [-0.39, 0.29) is 24.7 Å². The van der Waals surface area contributed by atoms with Gasteiger partial charge in [-0.25, -0.2) is 4.39 Å². The zero-order chi connectivity index (χ0) is 21.2. The molecular formula is C20H17F4NO4. The highest BCUT2D eigenvalue weighted by Crippen LogP contribution is 2.31. The van der Waals surface area contributed by atoms with Gasteiger partial charge in [-0.05, 0) is 43.3 Å². The second kappa shape index (κ2) is 8.12. The van der Waals surface area contributed by atoms with Crippen LogP contribution in [0.3, 0.4) is 0 Å². The zero-order valence-electron chi connectivity index (χ0n) is 15.2. The fraction of sp³-hybridized carbons (Fsp3) is 0.250. The minimum atomic E-state index is -4.50. The van der Waals surface area contributed by atoms with Crippen LogP contribution >= 0.6 is 0 Å². The summed E-state index contributed by atoms with van der Waals surface area (Å²) >= 11 is 0. The summed E-state index contributed by atoms with van der Waals surface area (Å²) in [5.41, 5.74) is -0.0660. The molecule has 154 valence electrons. The predicted octanol–water partition coefficient (Wildman–Crippen LogP) is 4.07. The maximum Gasteiger partial charge on any atom is 0.416 e. The molecule has 0 spiro atoms. The summed E-state index contributed by atoms with van der Waals surface area (Å²) in [6.07, 6.45) is -5.67. The van der Waals surface area contributed by atoms with Crippen LogP contribution in [-0.2, 0) is 6.18 Å². The van der Waals surface area contributed by atoms with Crippen molar-refractivity contribution in [1.82, 2.24) is 5.32 Å². The predicted molar refractivity (Wildman–Crippen MR) is 96.2 cm³/mol. The van der Waals surface area contributed by atoms with Gasteiger partial charge in [0.1, 0.15) is 29.9 Å². The number of hydrogen-bond donors (Lipinski definition) is 2. The first-order valence-corrected chi connectivity index (χ1v) is 8.60. The van der Waals surface area contributed by atoms with Gasteiger partial charge in [-0.15, -0.1) is 0 Å². The molecule has 1 unspecified atom stereocenters. The van der Waals surface area contributed by atoms with Gasteiger partial charge in [0.05, 0.1) is 5.56 Å². The number of furan rings is 1. The fourth-order valence-electron chi connectivity index (χ4n) is 2.71. The average molecular weight is 411 g/mol. The van der Waals surface area contributed by atoms with E-state index < -0.39 is 29.6 Å². The fourth-order valence-corrected chi connectivity index (χ4v) is 2.71. The molecule has 3 rings (SSSR count). The number of carbonyl (C=O) groups is 1. The molecule has 0 aliphatic carbocycles. The molecule has 2 aromatic carbocycles. The second-order valence-corrected chi connectivity index (χ2v) is 6.40. The average Bonchev–Trinajstić information content (AvgIpc) is 3.00. The number of halogens is 4. The molecule has 2 N–H and O–H groups in total. The van der Waals surface area contributed by atoms with Crippen LogP contribution in [0, 0.1) is 12.7 Å². The molecule has 0 radical (unpaired) electrons. The van der Waals surface area contributed by atoms with Crippen molar-refractivity contribution in [2.24, 2.45) is 0 Å². The summed E-state index contributed by atoms with van der Waals surface area (Å²) < 4.78 is 62.0. The van der Waals surface area contributed by atoms with Gasteiger partial charge in [0.15, 0.2) is 5.76 Å². The smallest absolute Gasteiger partial charge is 0.416 e. The van der Waals surface area contributed by atoms with E-state index in [2.05, 4.69) is 5.32 Å². The van der Waals surface area contributed by atoms with Gasteiger partial charge in [0, 0.05) is 17.5 Å². The molecule has 1 heterocycles. The van der Waals surface area contributed by atoms with Crippen LogP contribution in [0.5, 0.6) is 5.75 Å². The van der Waals surface area contributed by atoms with Crippen LogP contribution in [0.2, 0.25) is 0 Å². The normalized spacial score (nSPS) is 12.8. The van der Waals surface area contributed by atoms with Crippen LogP contribution in [-0.4, -0.2) is 30.3 Å². The summed E-state index contributed by atoms with van der Waals surface area (Å²) in [6.45, 7) is 1.06. The Balaban J connectivity index is 1.56. The summed E-state index contributed by atoms with van der Waals surface area (Å²) in [6, 6.07) is 8.13. The molecule has 1 aromatic heterocycles. The Hall–Kier alpha value is -3.07. The van der Waals surface area contributed by atoms with Gasteiger partial charge >= 0.3 is 6.18 Å². The number of aliphatic hydroxyl groups excluding tert-OH is 1. The van der Waals surface area contributed by atoms with Crippen LogP contribution in [0.25, 0.3) is 11.0 Å². The van der Waals surface area contributed by atoms with E-state index in [1.54, 1.807) is 6.92 Å². The Labute approximate surface area is 162 Å². The van der Waals surface area contributed by atoms with E-state index in [9.17, 15) is 27.5 Å². The van der Waals surface area contributed by atoms with E-state index in [4.69, 9.17) is 9.15 Å². The number of aryl methyl sites for hydroxylation is 1. The maximum atomic E-state index is 13.3. The highest BCUT2D eigenvalue weighted by atomic mass is 19.4. The number of alkyl halides is 3. The van der Waals surface area contributed by atoms with Gasteiger partial charge in [0.25, 0.3) is 5.91 Å². The molecule has 5 nitrogen and oxygen atoms in total. The zero-order valence-corrected chi connectivity index (χ0v) is 15.2. The minimum absolute atomic E-state index is 0.0170. The third kappa shape index (κ3) is 4.86. The molecule has 0 bridgehead atoms. The minimum Gasteiger partial charge on any atom is -0.491 e. The van der Waals surface area contributed by atoms with Crippen LogP contribution in [0.15, 0.2) is 46.9 Å². The second-order valence-electron chi connectivity index (χ2n) is 6.40. The quantitative estimate of drug-likeness (QED) is 0.600. The number of aliphatic hydroxyl groups is 1. The van der Waals surface area contributed by atoms with Crippen molar-refractivity contribution in [2.75, 3.05) is 13.2 Å². The lowest BCUT2D eigenvalue weighted by Gasteiger charge is -2.14. The molecule has 1 atom stereocenters. The van der Waals surface area contributed by atoms with E-state index in [1.807, 2.05) is 0 Å². The summed E-state index contributed by atoms with van der Waals surface area (Å²) in [5, 5.41) is 12.9. The first kappa shape index (κ1) is 20.7. The van der Waals surface area contributed by atoms with Crippen molar-refractivity contribution in [3.05, 3.63) is 65.2 Å². The van der Waals surface area contributed by atoms with E-state index in [1.165, 1.54) is 30.3 Å². The highest BCUT2D eigenvalue weighted by Gasteiger charge is 2.30. The third-order valence-electron chi connectivity index (χ3n) is 4.21. The highest BCUT2D eigenvalue weighted by molar-refractivity contribution is 5.98. The molecule has 0 aliphatic heterocycles. The summed E-state index contributed by atoms with van der Waals surface area (Å²) in [7, 11) is 0. The molecule has 0 aliphatic rings. The molecule has 3 aromatic rings. The molecule has 9 heteroatoms. The van der Waals surface area contributed by atoms with Crippen LogP contribution in [0.1, 0.15) is 21.7 Å². The van der Waals surface area contributed by atoms with Crippen LogP contribution < -0.4 is 10.1 Å². The first-order chi connectivity index (χ1) is 13.6. The monoisotopic (exact) mass is 411 g/mol. The molecular weight excluding hydrogens is 394 g/mol. The number of rotatable bonds is 6. The number of carbonyl (C=O) groups excluding carboxylic acids is 1. The van der Waals surface area contributed by atoms with E-state index in [0.29, 0.717) is 16.5 Å². The maximum absolute atomic E-state index is 13.3. The van der Waals surface area contributed by atoms with Crippen LogP contribution in [0.4, 0.5) is 17.6 Å². The lowest BCUT2D eigenvalue weighted by atomic mass is 10.1. The molecule has 0 fully saturated rings. The summed E-state index contributed by atoms with van der Waals surface area (Å²) in [5.74, 6) is -1.15. The standard InChI is InChI=1S/C20H17F4NO4/c1-11-16-8-13(21)5-6-17(16)29-18(11)19(27)25-9-14(26)10-28-15-4-2-3-12(7-15)20(22,23)24/h2-8,14,26H,9-10H2,1H3,(H,25,27). The molecule has 1 amide bonds. The Morgan fingerprint density at radius 3 is 2.72 bits per heavy atom. The molecule has 0 saturated heterocycles. The number of benzene rings is 2. The van der Waals surface area contributed by atoms with Crippen molar-refractivity contribution in [3.8, 4) is 5.75 Å². The van der Waals surface area contributed by atoms with Gasteiger partial charge < -0.3 is 19.6 Å². The number of hydrogen-bond acceptors (Lipinski definition) is 4. The third-order valence-corrected chi connectivity index (χ3v) is 4.21. The number of fused-ring (bicyclic) bond motifs is 1. The SMILES string of the molecule is Cc1c(C(=O)NCC(O)COc2cccc(C(F)(F)F)c2)oc2ccc(F)cc12. The van der Waals surface area contributed by atoms with Crippen molar-refractivity contribution >= 4 is 16.9 Å². The van der Waals surface area contributed by atoms with Crippen molar-refractivity contribution in [3.63, 3.8) is 0 Å². The topological polar surface area (TPSA) is 71.7 Å². The number of ether oxygens (including phenoxy) is 1. The van der Waals surface area contributed by atoms with E-state index in [0.717, 1.165) is 12.1 Å². The Kier molecular flexibility index (Phi) is 5.78. The Morgan fingerprint density at radius 1 is 1.24 bits per heavy atom. The van der Waals surface area contributed by atoms with Gasteiger partial charge in [-0.3, -0.25) is 4.79 Å². The first-order valence-electron chi connectivity index (χ1n) is 8.60. The lowest BCUT2D eigenvalue weighted by Crippen LogP contribution is -2.35. The Morgan fingerprint density at radius 2 is 2.00 bits per heavy atom. The Bertz CT molecular complexity index is 1030. The molecule has 0 saturated carbocycles. The molecule has 29 heavy (non-hydrogen) atoms. The van der Waals surface area contributed by atoms with Crippen molar-refractivity contribution < 1.29 is 36.6 Å². The van der Waals surface area contributed by atoms with Gasteiger partial charge in [-0.2, -0.15) is 13.2 Å². The largest absolute Gasteiger partial charge is 0.491 e.